The molecular weight excluding hydrogens is 290 g/mol. The number of rotatable bonds is 2. The molecule has 0 bridgehead atoms. The average molecular weight is 317 g/mol. The van der Waals surface area contributed by atoms with E-state index in [1.807, 2.05) is 18.0 Å². The molecule has 0 spiro atoms. The Labute approximate surface area is 138 Å². The highest BCUT2D eigenvalue weighted by molar-refractivity contribution is 5.82. The highest BCUT2D eigenvalue weighted by Gasteiger charge is 2.34. The van der Waals surface area contributed by atoms with E-state index < -0.39 is 0 Å². The Morgan fingerprint density at radius 1 is 1.26 bits per heavy atom. The van der Waals surface area contributed by atoms with Gasteiger partial charge in [-0.2, -0.15) is 0 Å². The van der Waals surface area contributed by atoms with Crippen LogP contribution in [0.3, 0.4) is 0 Å². The lowest BCUT2D eigenvalue weighted by molar-refractivity contribution is -0.151. The fourth-order valence-corrected chi connectivity index (χ4v) is 3.56. The topological polar surface area (TPSA) is 36.0 Å². The fraction of sp³-hybridized carbons (Fsp3) is 0.611. The number of anilines is 1. The summed E-state index contributed by atoms with van der Waals surface area (Å²) in [6, 6.07) is 8.59. The number of ether oxygens (including phenoxy) is 1. The molecule has 5 nitrogen and oxygen atoms in total. The van der Waals surface area contributed by atoms with E-state index in [0.717, 1.165) is 19.5 Å². The average Bonchev–Trinajstić information content (AvgIpc) is 2.71. The van der Waals surface area contributed by atoms with Crippen LogP contribution in [-0.4, -0.2) is 68.2 Å². The van der Waals surface area contributed by atoms with Crippen molar-refractivity contribution < 1.29 is 9.53 Å². The lowest BCUT2D eigenvalue weighted by Gasteiger charge is -2.36. The van der Waals surface area contributed by atoms with Crippen molar-refractivity contribution in [3.63, 3.8) is 0 Å². The van der Waals surface area contributed by atoms with Gasteiger partial charge in [-0.15, -0.1) is 0 Å². The molecule has 2 atom stereocenters. The van der Waals surface area contributed by atoms with Crippen LogP contribution in [0.2, 0.25) is 0 Å². The summed E-state index contributed by atoms with van der Waals surface area (Å²) in [5, 5.41) is 0. The monoisotopic (exact) mass is 317 g/mol. The molecule has 2 unspecified atom stereocenters. The maximum Gasteiger partial charge on any atom is 0.253 e. The summed E-state index contributed by atoms with van der Waals surface area (Å²) < 4.78 is 5.77. The van der Waals surface area contributed by atoms with Crippen molar-refractivity contribution in [1.29, 1.82) is 0 Å². The first-order valence-electron chi connectivity index (χ1n) is 8.49. The molecule has 1 saturated heterocycles. The maximum absolute atomic E-state index is 13.1. The van der Waals surface area contributed by atoms with Crippen molar-refractivity contribution >= 4 is 11.6 Å². The van der Waals surface area contributed by atoms with Gasteiger partial charge < -0.3 is 19.4 Å². The number of para-hydroxylation sites is 1. The standard InChI is InChI=1S/C18H27N3O2/c1-4-15-12-20(3)16-8-6-5-7-14(16)11-21(15)18(22)17-13-19(2)9-10-23-17/h5-8,15,17H,4,9-13H2,1-3H3. The number of morpholine rings is 1. The zero-order chi connectivity index (χ0) is 16.4. The van der Waals surface area contributed by atoms with Crippen LogP contribution < -0.4 is 4.90 Å². The van der Waals surface area contributed by atoms with E-state index in [4.69, 9.17) is 4.74 Å². The summed E-state index contributed by atoms with van der Waals surface area (Å²) in [5.41, 5.74) is 2.44. The van der Waals surface area contributed by atoms with Gasteiger partial charge in [-0.1, -0.05) is 25.1 Å². The third-order valence-corrected chi connectivity index (χ3v) is 4.97. The Hall–Kier alpha value is -1.59. The van der Waals surface area contributed by atoms with Gasteiger partial charge in [-0.3, -0.25) is 4.79 Å². The number of benzene rings is 1. The quantitative estimate of drug-likeness (QED) is 0.830. The van der Waals surface area contributed by atoms with Crippen LogP contribution in [0.5, 0.6) is 0 Å². The first kappa shape index (κ1) is 16.3. The van der Waals surface area contributed by atoms with Crippen molar-refractivity contribution in [3.05, 3.63) is 29.8 Å². The van der Waals surface area contributed by atoms with Crippen molar-refractivity contribution in [2.24, 2.45) is 0 Å². The Morgan fingerprint density at radius 2 is 2.04 bits per heavy atom. The Bertz CT molecular complexity index is 563. The predicted molar refractivity (Wildman–Crippen MR) is 91.6 cm³/mol. The van der Waals surface area contributed by atoms with Gasteiger partial charge in [-0.25, -0.2) is 0 Å². The molecule has 2 aliphatic heterocycles. The molecule has 1 amide bonds. The van der Waals surface area contributed by atoms with Gasteiger partial charge in [-0.05, 0) is 25.1 Å². The van der Waals surface area contributed by atoms with Gasteiger partial charge in [0.25, 0.3) is 5.91 Å². The van der Waals surface area contributed by atoms with Crippen molar-refractivity contribution in [3.8, 4) is 0 Å². The zero-order valence-corrected chi connectivity index (χ0v) is 14.4. The van der Waals surface area contributed by atoms with Crippen LogP contribution in [0, 0.1) is 0 Å². The minimum Gasteiger partial charge on any atom is -0.372 e. The predicted octanol–water partition coefficient (Wildman–Crippen LogP) is 1.57. The van der Waals surface area contributed by atoms with Gasteiger partial charge in [0.05, 0.1) is 6.61 Å². The van der Waals surface area contributed by atoms with Gasteiger partial charge in [0, 0.05) is 45.0 Å². The molecule has 2 aliphatic rings. The van der Waals surface area contributed by atoms with Gasteiger partial charge in [0.2, 0.25) is 0 Å². The summed E-state index contributed by atoms with van der Waals surface area (Å²) in [7, 11) is 4.16. The number of carbonyl (C=O) groups excluding carboxylic acids is 1. The van der Waals surface area contributed by atoms with Crippen LogP contribution in [0.1, 0.15) is 18.9 Å². The Morgan fingerprint density at radius 3 is 2.78 bits per heavy atom. The van der Waals surface area contributed by atoms with Crippen LogP contribution in [0.15, 0.2) is 24.3 Å². The number of hydrogen-bond acceptors (Lipinski definition) is 4. The first-order chi connectivity index (χ1) is 11.1. The molecule has 1 fully saturated rings. The molecule has 0 radical (unpaired) electrons. The highest BCUT2D eigenvalue weighted by atomic mass is 16.5. The van der Waals surface area contributed by atoms with E-state index in [-0.39, 0.29) is 18.1 Å². The van der Waals surface area contributed by atoms with E-state index in [2.05, 4.69) is 42.0 Å². The van der Waals surface area contributed by atoms with E-state index >= 15 is 0 Å². The van der Waals surface area contributed by atoms with E-state index in [9.17, 15) is 4.79 Å². The summed E-state index contributed by atoms with van der Waals surface area (Å²) in [6.07, 6.45) is 0.616. The lowest BCUT2D eigenvalue weighted by atomic mass is 10.1. The third-order valence-electron chi connectivity index (χ3n) is 4.97. The number of nitrogens with zero attached hydrogens (tertiary/aromatic N) is 3. The second-order valence-electron chi connectivity index (χ2n) is 6.66. The molecular formula is C18H27N3O2. The number of amides is 1. The molecule has 3 rings (SSSR count). The largest absolute Gasteiger partial charge is 0.372 e. The number of likely N-dealkylation sites (N-methyl/N-ethyl adjacent to an activating group) is 2. The molecule has 0 aliphatic carbocycles. The number of fused-ring (bicyclic) bond motifs is 1. The lowest BCUT2D eigenvalue weighted by Crippen LogP contribution is -2.53. The maximum atomic E-state index is 13.1. The van der Waals surface area contributed by atoms with E-state index in [1.54, 1.807) is 0 Å². The zero-order valence-electron chi connectivity index (χ0n) is 14.4. The smallest absolute Gasteiger partial charge is 0.253 e. The van der Waals surface area contributed by atoms with Gasteiger partial charge in [0.15, 0.2) is 0 Å². The van der Waals surface area contributed by atoms with Crippen LogP contribution in [0.4, 0.5) is 5.69 Å². The highest BCUT2D eigenvalue weighted by Crippen LogP contribution is 2.28. The van der Waals surface area contributed by atoms with Gasteiger partial charge in [0.1, 0.15) is 6.10 Å². The Balaban J connectivity index is 1.85. The molecule has 1 aromatic rings. The summed E-state index contributed by atoms with van der Waals surface area (Å²) in [6.45, 7) is 5.90. The molecule has 0 aromatic heterocycles. The van der Waals surface area contributed by atoms with E-state index in [1.165, 1.54) is 11.3 Å². The molecule has 1 aromatic carbocycles. The Kier molecular flexibility index (Phi) is 4.87. The van der Waals surface area contributed by atoms with E-state index in [0.29, 0.717) is 19.7 Å². The molecule has 0 N–H and O–H groups in total. The van der Waals surface area contributed by atoms with Gasteiger partial charge >= 0.3 is 0 Å². The molecule has 0 saturated carbocycles. The van der Waals surface area contributed by atoms with Crippen molar-refractivity contribution in [2.75, 3.05) is 45.2 Å². The van der Waals surface area contributed by atoms with Crippen LogP contribution in [0.25, 0.3) is 0 Å². The minimum atomic E-state index is -0.335. The molecule has 23 heavy (non-hydrogen) atoms. The second kappa shape index (κ2) is 6.89. The first-order valence-corrected chi connectivity index (χ1v) is 8.49. The summed E-state index contributed by atoms with van der Waals surface area (Å²) in [4.78, 5) is 19.6. The molecule has 5 heteroatoms. The van der Waals surface area contributed by atoms with Crippen molar-refractivity contribution in [1.82, 2.24) is 9.80 Å². The van der Waals surface area contributed by atoms with Crippen LogP contribution in [-0.2, 0) is 16.1 Å². The summed E-state index contributed by atoms with van der Waals surface area (Å²) >= 11 is 0. The summed E-state index contributed by atoms with van der Waals surface area (Å²) in [5.74, 6) is 0.133. The van der Waals surface area contributed by atoms with Crippen LogP contribution >= 0.6 is 0 Å². The number of hydrogen-bond donors (Lipinski definition) is 0. The second-order valence-corrected chi connectivity index (χ2v) is 6.66. The van der Waals surface area contributed by atoms with Crippen molar-refractivity contribution in [2.45, 2.75) is 32.0 Å². The minimum absolute atomic E-state index is 0.133. The fourth-order valence-electron chi connectivity index (χ4n) is 3.56. The number of carbonyl (C=O) groups is 1. The molecule has 2 heterocycles. The SMILES string of the molecule is CCC1CN(C)c2ccccc2CN1C(=O)C1CN(C)CCO1. The normalized spacial score (nSPS) is 25.9. The third kappa shape index (κ3) is 3.35. The molecule has 126 valence electrons.